The normalized spacial score (nSPS) is 12.0. The Hall–Kier alpha value is -1.68. The fourth-order valence-electron chi connectivity index (χ4n) is 1.79. The Bertz CT molecular complexity index is 468. The first kappa shape index (κ1) is 15.4. The SMILES string of the molecule is Cc1ccc(C)c(C(=O)CCC(=O)NC(C)CO)c1. The van der Waals surface area contributed by atoms with E-state index in [9.17, 15) is 9.59 Å². The summed E-state index contributed by atoms with van der Waals surface area (Å²) >= 11 is 0. The highest BCUT2D eigenvalue weighted by Gasteiger charge is 2.12. The topological polar surface area (TPSA) is 66.4 Å². The molecule has 4 heteroatoms. The maximum Gasteiger partial charge on any atom is 0.220 e. The zero-order valence-corrected chi connectivity index (χ0v) is 11.7. The number of benzene rings is 1. The molecule has 1 amide bonds. The van der Waals surface area contributed by atoms with E-state index in [-0.39, 0.29) is 37.2 Å². The van der Waals surface area contributed by atoms with E-state index < -0.39 is 0 Å². The number of aliphatic hydroxyl groups is 1. The molecule has 0 aliphatic heterocycles. The molecular formula is C15H21NO3. The second-order valence-electron chi connectivity index (χ2n) is 4.89. The highest BCUT2D eigenvalue weighted by Crippen LogP contribution is 2.13. The molecule has 1 aromatic carbocycles. The minimum Gasteiger partial charge on any atom is -0.394 e. The van der Waals surface area contributed by atoms with E-state index in [2.05, 4.69) is 5.32 Å². The first-order valence-electron chi connectivity index (χ1n) is 6.44. The predicted octanol–water partition coefficient (Wildman–Crippen LogP) is 1.76. The standard InChI is InChI=1S/C15H21NO3/c1-10-4-5-11(2)13(8-10)14(18)6-7-15(19)16-12(3)9-17/h4-5,8,12,17H,6-7,9H2,1-3H3,(H,16,19). The molecule has 2 N–H and O–H groups in total. The molecule has 0 heterocycles. The van der Waals surface area contributed by atoms with Crippen molar-refractivity contribution < 1.29 is 14.7 Å². The van der Waals surface area contributed by atoms with Crippen LogP contribution in [0.5, 0.6) is 0 Å². The molecule has 1 aromatic rings. The number of carbonyl (C=O) groups excluding carboxylic acids is 2. The second-order valence-corrected chi connectivity index (χ2v) is 4.89. The van der Waals surface area contributed by atoms with Crippen LogP contribution in [-0.4, -0.2) is 29.4 Å². The van der Waals surface area contributed by atoms with Crippen molar-refractivity contribution in [1.29, 1.82) is 0 Å². The summed E-state index contributed by atoms with van der Waals surface area (Å²) in [6.07, 6.45) is 0.338. The monoisotopic (exact) mass is 263 g/mol. The van der Waals surface area contributed by atoms with Gasteiger partial charge in [0.05, 0.1) is 6.61 Å². The van der Waals surface area contributed by atoms with Crippen LogP contribution in [0.15, 0.2) is 18.2 Å². The van der Waals surface area contributed by atoms with Gasteiger partial charge in [0.1, 0.15) is 0 Å². The van der Waals surface area contributed by atoms with Crippen molar-refractivity contribution in [3.8, 4) is 0 Å². The second kappa shape index (κ2) is 7.04. The van der Waals surface area contributed by atoms with Crippen LogP contribution in [-0.2, 0) is 4.79 Å². The summed E-state index contributed by atoms with van der Waals surface area (Å²) in [5.74, 6) is -0.229. The predicted molar refractivity (Wildman–Crippen MR) is 74.2 cm³/mol. The lowest BCUT2D eigenvalue weighted by molar-refractivity contribution is -0.121. The Balaban J connectivity index is 2.56. The average molecular weight is 263 g/mol. The Morgan fingerprint density at radius 3 is 2.58 bits per heavy atom. The van der Waals surface area contributed by atoms with Gasteiger partial charge in [-0.15, -0.1) is 0 Å². The van der Waals surface area contributed by atoms with Crippen molar-refractivity contribution in [2.24, 2.45) is 0 Å². The summed E-state index contributed by atoms with van der Waals surface area (Å²) in [6, 6.07) is 5.45. The van der Waals surface area contributed by atoms with Gasteiger partial charge in [0, 0.05) is 24.4 Å². The Kier molecular flexibility index (Phi) is 5.70. The first-order chi connectivity index (χ1) is 8.93. The summed E-state index contributed by atoms with van der Waals surface area (Å²) in [4.78, 5) is 23.6. The highest BCUT2D eigenvalue weighted by atomic mass is 16.3. The van der Waals surface area contributed by atoms with Gasteiger partial charge in [-0.05, 0) is 32.4 Å². The summed E-state index contributed by atoms with van der Waals surface area (Å²) in [7, 11) is 0. The third kappa shape index (κ3) is 4.83. The fraction of sp³-hybridized carbons (Fsp3) is 0.467. The number of Topliss-reactive ketones (excluding diaryl/α,β-unsaturated/α-hetero) is 1. The number of hydrogen-bond acceptors (Lipinski definition) is 3. The third-order valence-electron chi connectivity index (χ3n) is 2.95. The van der Waals surface area contributed by atoms with Crippen molar-refractivity contribution in [1.82, 2.24) is 5.32 Å². The number of aryl methyl sites for hydroxylation is 2. The summed E-state index contributed by atoms with van der Waals surface area (Å²) in [5.41, 5.74) is 2.65. The average Bonchev–Trinajstić information content (AvgIpc) is 2.38. The van der Waals surface area contributed by atoms with Crippen LogP contribution < -0.4 is 5.32 Å². The Morgan fingerprint density at radius 1 is 1.26 bits per heavy atom. The molecule has 104 valence electrons. The van der Waals surface area contributed by atoms with E-state index in [1.165, 1.54) is 0 Å². The van der Waals surface area contributed by atoms with E-state index in [0.29, 0.717) is 5.56 Å². The van der Waals surface area contributed by atoms with Crippen molar-refractivity contribution in [3.05, 3.63) is 34.9 Å². The van der Waals surface area contributed by atoms with Gasteiger partial charge in [0.15, 0.2) is 5.78 Å². The lowest BCUT2D eigenvalue weighted by Crippen LogP contribution is -2.35. The van der Waals surface area contributed by atoms with Crippen LogP contribution in [0.1, 0.15) is 41.3 Å². The lowest BCUT2D eigenvalue weighted by atomic mass is 9.99. The maximum atomic E-state index is 12.0. The number of ketones is 1. The van der Waals surface area contributed by atoms with Gasteiger partial charge in [-0.1, -0.05) is 17.7 Å². The lowest BCUT2D eigenvalue weighted by Gasteiger charge is -2.10. The Morgan fingerprint density at radius 2 is 1.95 bits per heavy atom. The molecule has 1 unspecified atom stereocenters. The van der Waals surface area contributed by atoms with Gasteiger partial charge in [-0.3, -0.25) is 9.59 Å². The molecule has 0 aromatic heterocycles. The smallest absolute Gasteiger partial charge is 0.220 e. The van der Waals surface area contributed by atoms with Crippen molar-refractivity contribution in [2.45, 2.75) is 39.7 Å². The maximum absolute atomic E-state index is 12.0. The zero-order chi connectivity index (χ0) is 14.4. The summed E-state index contributed by atoms with van der Waals surface area (Å²) < 4.78 is 0. The highest BCUT2D eigenvalue weighted by molar-refractivity contribution is 5.99. The third-order valence-corrected chi connectivity index (χ3v) is 2.95. The van der Waals surface area contributed by atoms with E-state index in [0.717, 1.165) is 11.1 Å². The molecule has 0 spiro atoms. The van der Waals surface area contributed by atoms with Gasteiger partial charge in [0.25, 0.3) is 0 Å². The number of rotatable bonds is 6. The quantitative estimate of drug-likeness (QED) is 0.769. The minimum atomic E-state index is -0.275. The largest absolute Gasteiger partial charge is 0.394 e. The molecule has 1 rings (SSSR count). The molecule has 0 radical (unpaired) electrons. The zero-order valence-electron chi connectivity index (χ0n) is 11.7. The van der Waals surface area contributed by atoms with Gasteiger partial charge in [0.2, 0.25) is 5.91 Å². The number of amides is 1. The van der Waals surface area contributed by atoms with Crippen LogP contribution in [0.4, 0.5) is 0 Å². The Labute approximate surface area is 113 Å². The van der Waals surface area contributed by atoms with Crippen LogP contribution in [0.25, 0.3) is 0 Å². The molecule has 0 saturated heterocycles. The van der Waals surface area contributed by atoms with Gasteiger partial charge >= 0.3 is 0 Å². The molecule has 0 saturated carbocycles. The molecule has 1 atom stereocenters. The van der Waals surface area contributed by atoms with Gasteiger partial charge < -0.3 is 10.4 Å². The van der Waals surface area contributed by atoms with E-state index in [4.69, 9.17) is 5.11 Å². The molecular weight excluding hydrogens is 242 g/mol. The van der Waals surface area contributed by atoms with Crippen LogP contribution >= 0.6 is 0 Å². The van der Waals surface area contributed by atoms with Crippen molar-refractivity contribution >= 4 is 11.7 Å². The minimum absolute atomic E-state index is 0.0204. The van der Waals surface area contributed by atoms with E-state index in [1.807, 2.05) is 32.0 Å². The van der Waals surface area contributed by atoms with E-state index in [1.54, 1.807) is 6.92 Å². The summed E-state index contributed by atoms with van der Waals surface area (Å²) in [6.45, 7) is 5.44. The number of carbonyl (C=O) groups is 2. The first-order valence-corrected chi connectivity index (χ1v) is 6.44. The number of hydrogen-bond donors (Lipinski definition) is 2. The molecule has 0 fully saturated rings. The molecule has 0 aliphatic rings. The summed E-state index contributed by atoms with van der Waals surface area (Å²) in [5, 5.41) is 11.4. The number of nitrogens with one attached hydrogen (secondary N) is 1. The molecule has 19 heavy (non-hydrogen) atoms. The van der Waals surface area contributed by atoms with Gasteiger partial charge in [-0.2, -0.15) is 0 Å². The van der Waals surface area contributed by atoms with Crippen LogP contribution in [0, 0.1) is 13.8 Å². The molecule has 0 bridgehead atoms. The molecule has 4 nitrogen and oxygen atoms in total. The fourth-order valence-corrected chi connectivity index (χ4v) is 1.79. The van der Waals surface area contributed by atoms with Crippen LogP contribution in [0.3, 0.4) is 0 Å². The van der Waals surface area contributed by atoms with Crippen LogP contribution in [0.2, 0.25) is 0 Å². The van der Waals surface area contributed by atoms with E-state index >= 15 is 0 Å². The molecule has 0 aliphatic carbocycles. The number of aliphatic hydroxyl groups excluding tert-OH is 1. The van der Waals surface area contributed by atoms with Crippen molar-refractivity contribution in [3.63, 3.8) is 0 Å². The van der Waals surface area contributed by atoms with Gasteiger partial charge in [-0.25, -0.2) is 0 Å². The van der Waals surface area contributed by atoms with Crippen molar-refractivity contribution in [2.75, 3.05) is 6.61 Å².